The molecule has 0 aromatic carbocycles. The smallest absolute Gasteiger partial charge is 0.362 e. The molecule has 0 atom stereocenters. The van der Waals surface area contributed by atoms with Crippen LogP contribution in [0.2, 0.25) is 0 Å². The molecule has 1 aromatic heterocycles. The van der Waals surface area contributed by atoms with E-state index in [1.54, 1.807) is 24.4 Å². The van der Waals surface area contributed by atoms with E-state index >= 15 is 0 Å². The molecule has 0 spiro atoms. The first kappa shape index (κ1) is 23.9. The van der Waals surface area contributed by atoms with Crippen molar-refractivity contribution < 1.29 is 14.7 Å². The van der Waals surface area contributed by atoms with Gasteiger partial charge in [0.05, 0.1) is 0 Å². The van der Waals surface area contributed by atoms with E-state index in [1.165, 1.54) is 57.8 Å². The topological polar surface area (TPSA) is 71.8 Å². The van der Waals surface area contributed by atoms with Gasteiger partial charge >= 0.3 is 5.97 Å². The molecule has 0 unspecified atom stereocenters. The van der Waals surface area contributed by atoms with Crippen LogP contribution in [-0.2, 0) is 4.79 Å². The molecular formula is C23H36N2O3. The second-order valence-corrected chi connectivity index (χ2v) is 7.08. The van der Waals surface area contributed by atoms with Gasteiger partial charge in [0.15, 0.2) is 5.71 Å². The Morgan fingerprint density at radius 3 is 2.25 bits per heavy atom. The van der Waals surface area contributed by atoms with E-state index in [0.717, 1.165) is 19.3 Å². The third-order valence-corrected chi connectivity index (χ3v) is 4.60. The Labute approximate surface area is 169 Å². The molecule has 5 heteroatoms. The van der Waals surface area contributed by atoms with Gasteiger partial charge in [-0.1, -0.05) is 81.7 Å². The molecule has 156 valence electrons. The molecule has 0 saturated carbocycles. The van der Waals surface area contributed by atoms with E-state index in [4.69, 9.17) is 9.94 Å². The summed E-state index contributed by atoms with van der Waals surface area (Å²) in [4.78, 5) is 15.9. The Morgan fingerprint density at radius 1 is 1.00 bits per heavy atom. The number of aromatic nitrogens is 1. The minimum atomic E-state index is -0.634. The molecule has 0 aliphatic carbocycles. The minimum Gasteiger partial charge on any atom is -0.410 e. The maximum Gasteiger partial charge on any atom is 0.362 e. The second kappa shape index (κ2) is 17.0. The van der Waals surface area contributed by atoms with Crippen LogP contribution in [0.4, 0.5) is 0 Å². The maximum atomic E-state index is 12.0. The number of carbonyl (C=O) groups excluding carboxylic acids is 1. The molecule has 0 amide bonds. The number of allylic oxidation sites excluding steroid dienone is 2. The van der Waals surface area contributed by atoms with E-state index in [0.29, 0.717) is 6.42 Å². The predicted octanol–water partition coefficient (Wildman–Crippen LogP) is 6.46. The minimum absolute atomic E-state index is 0.0543. The number of esters is 1. The summed E-state index contributed by atoms with van der Waals surface area (Å²) >= 11 is 0. The summed E-state index contributed by atoms with van der Waals surface area (Å²) in [7, 11) is 0. The molecule has 0 bridgehead atoms. The highest BCUT2D eigenvalue weighted by Gasteiger charge is 2.15. The lowest BCUT2D eigenvalue weighted by Gasteiger charge is -2.05. The van der Waals surface area contributed by atoms with Gasteiger partial charge in [-0.05, 0) is 31.7 Å². The van der Waals surface area contributed by atoms with Crippen molar-refractivity contribution >= 4 is 11.7 Å². The number of ether oxygens (including phenoxy) is 1. The molecule has 0 radical (unpaired) electrons. The van der Waals surface area contributed by atoms with Gasteiger partial charge in [0.1, 0.15) is 0 Å². The van der Waals surface area contributed by atoms with Gasteiger partial charge in [-0.2, -0.15) is 0 Å². The third kappa shape index (κ3) is 12.3. The van der Waals surface area contributed by atoms with Crippen molar-refractivity contribution in [2.24, 2.45) is 5.16 Å². The van der Waals surface area contributed by atoms with Crippen molar-refractivity contribution in [1.82, 2.24) is 4.98 Å². The lowest BCUT2D eigenvalue weighted by molar-refractivity contribution is -0.127. The van der Waals surface area contributed by atoms with Crippen LogP contribution < -0.4 is 4.74 Å². The third-order valence-electron chi connectivity index (χ3n) is 4.60. The van der Waals surface area contributed by atoms with Crippen LogP contribution >= 0.6 is 0 Å². The average molecular weight is 389 g/mol. The summed E-state index contributed by atoms with van der Waals surface area (Å²) in [5.74, 6) is -0.420. The van der Waals surface area contributed by atoms with Crippen molar-refractivity contribution in [1.29, 1.82) is 0 Å². The first-order valence-electron chi connectivity index (χ1n) is 10.8. The lowest BCUT2D eigenvalue weighted by atomic mass is 10.0. The van der Waals surface area contributed by atoms with Crippen molar-refractivity contribution in [3.8, 4) is 5.88 Å². The fraction of sp³-hybridized carbons (Fsp3) is 0.609. The van der Waals surface area contributed by atoms with Crippen LogP contribution in [0, 0.1) is 0 Å². The van der Waals surface area contributed by atoms with Gasteiger partial charge in [-0.15, -0.1) is 0 Å². The molecular weight excluding hydrogens is 352 g/mol. The summed E-state index contributed by atoms with van der Waals surface area (Å²) in [6.07, 6.45) is 21.0. The average Bonchev–Trinajstić information content (AvgIpc) is 2.71. The number of oxime groups is 1. The zero-order chi connectivity index (χ0) is 20.3. The van der Waals surface area contributed by atoms with Crippen LogP contribution in [0.1, 0.15) is 90.4 Å². The highest BCUT2D eigenvalue weighted by atomic mass is 16.5. The Bertz CT molecular complexity index is 570. The van der Waals surface area contributed by atoms with E-state index in [-0.39, 0.29) is 11.6 Å². The van der Waals surface area contributed by atoms with Gasteiger partial charge in [-0.25, -0.2) is 9.78 Å². The number of carbonyl (C=O) groups is 1. The molecule has 1 aromatic rings. The Hall–Kier alpha value is -2.17. The van der Waals surface area contributed by atoms with Crippen LogP contribution in [0.15, 0.2) is 41.7 Å². The molecule has 28 heavy (non-hydrogen) atoms. The number of nitrogens with zero attached hydrogens (tertiary/aromatic N) is 2. The highest BCUT2D eigenvalue weighted by Crippen LogP contribution is 2.12. The van der Waals surface area contributed by atoms with E-state index in [2.05, 4.69) is 29.2 Å². The maximum absolute atomic E-state index is 12.0. The first-order valence-corrected chi connectivity index (χ1v) is 10.8. The van der Waals surface area contributed by atoms with Crippen LogP contribution in [0.3, 0.4) is 0 Å². The number of hydrogen-bond acceptors (Lipinski definition) is 5. The SMILES string of the molecule is CCC/C=C/CCCCCCCCCCC/C(=N\O)C(=O)Oc1ccccn1. The quantitative estimate of drug-likeness (QED) is 0.0880. The van der Waals surface area contributed by atoms with Crippen molar-refractivity contribution in [3.05, 3.63) is 36.5 Å². The van der Waals surface area contributed by atoms with E-state index in [1.807, 2.05) is 0 Å². The van der Waals surface area contributed by atoms with Crippen molar-refractivity contribution in [2.75, 3.05) is 0 Å². The van der Waals surface area contributed by atoms with Gasteiger partial charge < -0.3 is 9.94 Å². The Kier molecular flexibility index (Phi) is 14.5. The molecule has 5 nitrogen and oxygen atoms in total. The van der Waals surface area contributed by atoms with Crippen molar-refractivity contribution in [3.63, 3.8) is 0 Å². The van der Waals surface area contributed by atoms with Gasteiger partial charge in [0.25, 0.3) is 0 Å². The summed E-state index contributed by atoms with van der Waals surface area (Å²) in [5.41, 5.74) is 0.0543. The molecule has 1 heterocycles. The lowest BCUT2D eigenvalue weighted by Crippen LogP contribution is -2.21. The van der Waals surface area contributed by atoms with Gasteiger partial charge in [0, 0.05) is 18.7 Å². The molecule has 1 rings (SSSR count). The number of pyridine rings is 1. The number of rotatable bonds is 16. The largest absolute Gasteiger partial charge is 0.410 e. The van der Waals surface area contributed by atoms with E-state index < -0.39 is 5.97 Å². The molecule has 0 fully saturated rings. The van der Waals surface area contributed by atoms with Crippen molar-refractivity contribution in [2.45, 2.75) is 90.4 Å². The number of hydrogen-bond donors (Lipinski definition) is 1. The summed E-state index contributed by atoms with van der Waals surface area (Å²) in [5, 5.41) is 12.1. The monoisotopic (exact) mass is 388 g/mol. The van der Waals surface area contributed by atoms with Crippen LogP contribution in [0.5, 0.6) is 5.88 Å². The summed E-state index contributed by atoms with van der Waals surface area (Å²) in [6.45, 7) is 2.21. The van der Waals surface area contributed by atoms with Gasteiger partial charge in [0.2, 0.25) is 5.88 Å². The fourth-order valence-corrected chi connectivity index (χ4v) is 2.95. The van der Waals surface area contributed by atoms with Crippen LogP contribution in [-0.4, -0.2) is 21.9 Å². The predicted molar refractivity (Wildman–Crippen MR) is 114 cm³/mol. The zero-order valence-corrected chi connectivity index (χ0v) is 17.3. The molecule has 0 aliphatic rings. The standard InChI is InChI=1S/C23H36N2O3/c1-2-3-4-5-6-7-8-9-10-11-12-13-14-15-18-21(25-27)23(26)28-22-19-16-17-20-24-22/h4-5,16-17,19-20,27H,2-3,6-15,18H2,1H3/b5-4+,25-21+. The van der Waals surface area contributed by atoms with E-state index in [9.17, 15) is 4.79 Å². The first-order chi connectivity index (χ1) is 13.8. The normalized spacial score (nSPS) is 11.8. The van der Waals surface area contributed by atoms with Gasteiger partial charge in [-0.3, -0.25) is 0 Å². The molecule has 0 saturated heterocycles. The highest BCUT2D eigenvalue weighted by molar-refractivity contribution is 6.36. The Balaban J connectivity index is 1.97. The molecule has 0 aliphatic heterocycles. The summed E-state index contributed by atoms with van der Waals surface area (Å²) < 4.78 is 5.09. The van der Waals surface area contributed by atoms with Crippen LogP contribution in [0.25, 0.3) is 0 Å². The zero-order valence-electron chi connectivity index (χ0n) is 17.3. The number of unbranched alkanes of at least 4 members (excludes halogenated alkanes) is 10. The second-order valence-electron chi connectivity index (χ2n) is 7.08. The molecule has 1 N–H and O–H groups in total. The Morgan fingerprint density at radius 2 is 1.64 bits per heavy atom. The fourth-order valence-electron chi connectivity index (χ4n) is 2.95. The summed E-state index contributed by atoms with van der Waals surface area (Å²) in [6, 6.07) is 5.07.